The van der Waals surface area contributed by atoms with Crippen molar-refractivity contribution in [1.29, 1.82) is 0 Å². The summed E-state index contributed by atoms with van der Waals surface area (Å²) in [5, 5.41) is 11.9. The molecule has 6 heteroatoms. The van der Waals surface area contributed by atoms with E-state index in [4.69, 9.17) is 0 Å². The summed E-state index contributed by atoms with van der Waals surface area (Å²) in [6, 6.07) is 6.08. The molecule has 2 rings (SSSR count). The minimum absolute atomic E-state index is 0.244. The number of rotatable bonds is 6. The molecule has 114 valence electrons. The van der Waals surface area contributed by atoms with Crippen LogP contribution in [0.2, 0.25) is 0 Å². The number of hydrogen-bond donors (Lipinski definition) is 2. The lowest BCUT2D eigenvalue weighted by atomic mass is 9.76. The summed E-state index contributed by atoms with van der Waals surface area (Å²) < 4.78 is 12.8. The summed E-state index contributed by atoms with van der Waals surface area (Å²) in [4.78, 5) is 24.2. The molecule has 0 saturated heterocycles. The number of amides is 1. The number of benzene rings is 1. The highest BCUT2D eigenvalue weighted by molar-refractivity contribution is 7.99. The van der Waals surface area contributed by atoms with Crippen molar-refractivity contribution in [1.82, 2.24) is 5.32 Å². The van der Waals surface area contributed by atoms with Gasteiger partial charge >= 0.3 is 5.97 Å². The number of carbonyl (C=O) groups excluding carboxylic acids is 1. The molecule has 1 aromatic carbocycles. The van der Waals surface area contributed by atoms with Crippen molar-refractivity contribution in [3.63, 3.8) is 0 Å². The van der Waals surface area contributed by atoms with Gasteiger partial charge in [-0.15, -0.1) is 11.8 Å². The maximum Gasteiger partial charge on any atom is 0.329 e. The molecule has 0 spiro atoms. The number of hydrogen-bond acceptors (Lipinski definition) is 3. The fraction of sp³-hybridized carbons (Fsp3) is 0.467. The standard InChI is InChI=1S/C15H18FNO3S/c1-10(9-21-12-5-3-11(16)4-6-12)13(18)17-15(14(19)20)7-2-8-15/h3-6,10H,2,7-9H2,1H3,(H,17,18)(H,19,20). The SMILES string of the molecule is CC(CSc1ccc(F)cc1)C(=O)NC1(C(=O)O)CCC1. The number of carboxylic acids is 1. The zero-order valence-corrected chi connectivity index (χ0v) is 12.6. The summed E-state index contributed by atoms with van der Waals surface area (Å²) in [5.41, 5.74) is -1.06. The summed E-state index contributed by atoms with van der Waals surface area (Å²) in [6.07, 6.45) is 1.81. The van der Waals surface area contributed by atoms with Crippen LogP contribution in [0.1, 0.15) is 26.2 Å². The molecule has 1 aliphatic carbocycles. The topological polar surface area (TPSA) is 66.4 Å². The van der Waals surface area contributed by atoms with E-state index in [0.717, 1.165) is 11.3 Å². The molecule has 0 radical (unpaired) electrons. The normalized spacial score (nSPS) is 17.6. The third kappa shape index (κ3) is 3.75. The molecule has 0 bridgehead atoms. The first-order valence-corrected chi connectivity index (χ1v) is 7.85. The summed E-state index contributed by atoms with van der Waals surface area (Å²) in [5.74, 6) is -1.28. The average Bonchev–Trinajstić information content (AvgIpc) is 2.41. The fourth-order valence-corrected chi connectivity index (χ4v) is 3.03. The number of aliphatic carboxylic acids is 1. The molecule has 0 heterocycles. The van der Waals surface area contributed by atoms with Gasteiger partial charge in [-0.1, -0.05) is 6.92 Å². The van der Waals surface area contributed by atoms with E-state index in [1.54, 1.807) is 19.1 Å². The molecule has 2 N–H and O–H groups in total. The van der Waals surface area contributed by atoms with Gasteiger partial charge in [0, 0.05) is 16.6 Å². The van der Waals surface area contributed by atoms with Crippen molar-refractivity contribution in [2.75, 3.05) is 5.75 Å². The third-order valence-electron chi connectivity index (χ3n) is 3.74. The van der Waals surface area contributed by atoms with Crippen molar-refractivity contribution in [3.8, 4) is 0 Å². The molecule has 1 fully saturated rings. The molecule has 1 aromatic rings. The largest absolute Gasteiger partial charge is 0.480 e. The Morgan fingerprint density at radius 1 is 1.38 bits per heavy atom. The lowest BCUT2D eigenvalue weighted by molar-refractivity contribution is -0.152. The zero-order chi connectivity index (χ0) is 15.5. The number of thioether (sulfide) groups is 1. The van der Waals surface area contributed by atoms with Gasteiger partial charge in [0.25, 0.3) is 0 Å². The monoisotopic (exact) mass is 311 g/mol. The van der Waals surface area contributed by atoms with Gasteiger partial charge < -0.3 is 10.4 Å². The lowest BCUT2D eigenvalue weighted by Gasteiger charge is -2.38. The van der Waals surface area contributed by atoms with Crippen LogP contribution in [0.4, 0.5) is 4.39 Å². The molecule has 1 amide bonds. The van der Waals surface area contributed by atoms with Crippen molar-refractivity contribution < 1.29 is 19.1 Å². The molecule has 1 atom stereocenters. The van der Waals surface area contributed by atoms with E-state index in [1.165, 1.54) is 23.9 Å². The molecule has 0 aromatic heterocycles. The van der Waals surface area contributed by atoms with Gasteiger partial charge in [0.05, 0.1) is 0 Å². The predicted octanol–water partition coefficient (Wildman–Crippen LogP) is 2.68. The average molecular weight is 311 g/mol. The van der Waals surface area contributed by atoms with Crippen molar-refractivity contribution >= 4 is 23.6 Å². The van der Waals surface area contributed by atoms with E-state index in [-0.39, 0.29) is 17.6 Å². The van der Waals surface area contributed by atoms with E-state index in [9.17, 15) is 19.1 Å². The van der Waals surface area contributed by atoms with Gasteiger partial charge in [0.2, 0.25) is 5.91 Å². The maximum absolute atomic E-state index is 12.8. The van der Waals surface area contributed by atoms with Gasteiger partial charge in [0.15, 0.2) is 0 Å². The molecule has 1 aliphatic rings. The van der Waals surface area contributed by atoms with Crippen LogP contribution in [0, 0.1) is 11.7 Å². The number of halogens is 1. The molecule has 1 saturated carbocycles. The molecular weight excluding hydrogens is 293 g/mol. The molecule has 0 aliphatic heterocycles. The Bertz CT molecular complexity index is 528. The van der Waals surface area contributed by atoms with Gasteiger partial charge in [0.1, 0.15) is 11.4 Å². The third-order valence-corrected chi connectivity index (χ3v) is 5.01. The number of carboxylic acid groups (broad SMARTS) is 1. The highest BCUT2D eigenvalue weighted by Gasteiger charge is 2.46. The van der Waals surface area contributed by atoms with E-state index in [2.05, 4.69) is 5.32 Å². The van der Waals surface area contributed by atoms with Crippen LogP contribution in [0.3, 0.4) is 0 Å². The molecule has 4 nitrogen and oxygen atoms in total. The van der Waals surface area contributed by atoms with E-state index < -0.39 is 11.5 Å². The van der Waals surface area contributed by atoms with Gasteiger partial charge in [-0.3, -0.25) is 4.79 Å². The quantitative estimate of drug-likeness (QED) is 0.793. The maximum atomic E-state index is 12.8. The Hall–Kier alpha value is -1.56. The first kappa shape index (κ1) is 15.8. The van der Waals surface area contributed by atoms with Gasteiger partial charge in [-0.2, -0.15) is 0 Å². The van der Waals surface area contributed by atoms with Crippen molar-refractivity contribution in [2.45, 2.75) is 36.6 Å². The molecule has 1 unspecified atom stereocenters. The van der Waals surface area contributed by atoms with Crippen LogP contribution in [0.25, 0.3) is 0 Å². The minimum atomic E-state index is -1.06. The Morgan fingerprint density at radius 3 is 2.48 bits per heavy atom. The van der Waals surface area contributed by atoms with Crippen LogP contribution in [-0.4, -0.2) is 28.3 Å². The fourth-order valence-electron chi connectivity index (χ4n) is 2.11. The second-order valence-corrected chi connectivity index (χ2v) is 6.49. The van der Waals surface area contributed by atoms with Crippen molar-refractivity contribution in [2.24, 2.45) is 5.92 Å². The summed E-state index contributed by atoms with van der Waals surface area (Å²) in [7, 11) is 0. The first-order chi connectivity index (χ1) is 9.93. The van der Waals surface area contributed by atoms with E-state index in [0.29, 0.717) is 18.6 Å². The zero-order valence-electron chi connectivity index (χ0n) is 11.8. The molecule has 21 heavy (non-hydrogen) atoms. The van der Waals surface area contributed by atoms with Crippen LogP contribution >= 0.6 is 11.8 Å². The van der Waals surface area contributed by atoms with Crippen LogP contribution in [0.5, 0.6) is 0 Å². The number of nitrogens with one attached hydrogen (secondary N) is 1. The minimum Gasteiger partial charge on any atom is -0.480 e. The van der Waals surface area contributed by atoms with Crippen LogP contribution in [0.15, 0.2) is 29.2 Å². The second-order valence-electron chi connectivity index (χ2n) is 5.40. The highest BCUT2D eigenvalue weighted by Crippen LogP contribution is 2.32. The van der Waals surface area contributed by atoms with E-state index >= 15 is 0 Å². The van der Waals surface area contributed by atoms with Gasteiger partial charge in [-0.25, -0.2) is 9.18 Å². The smallest absolute Gasteiger partial charge is 0.329 e. The number of carbonyl (C=O) groups is 2. The Kier molecular flexibility index (Phi) is 4.88. The Labute approximate surface area is 127 Å². The summed E-state index contributed by atoms with van der Waals surface area (Å²) in [6.45, 7) is 1.76. The molecular formula is C15H18FNO3S. The Balaban J connectivity index is 1.85. The predicted molar refractivity (Wildman–Crippen MR) is 78.6 cm³/mol. The van der Waals surface area contributed by atoms with E-state index in [1.807, 2.05) is 0 Å². The van der Waals surface area contributed by atoms with Gasteiger partial charge in [-0.05, 0) is 43.5 Å². The lowest BCUT2D eigenvalue weighted by Crippen LogP contribution is -2.60. The first-order valence-electron chi connectivity index (χ1n) is 6.87. The highest BCUT2D eigenvalue weighted by atomic mass is 32.2. The van der Waals surface area contributed by atoms with Crippen LogP contribution < -0.4 is 5.32 Å². The Morgan fingerprint density at radius 2 is 2.00 bits per heavy atom. The summed E-state index contributed by atoms with van der Waals surface area (Å²) >= 11 is 1.45. The second kappa shape index (κ2) is 6.47. The van der Waals surface area contributed by atoms with Crippen LogP contribution in [-0.2, 0) is 9.59 Å². The van der Waals surface area contributed by atoms with Crippen molar-refractivity contribution in [3.05, 3.63) is 30.1 Å².